The fourth-order valence-corrected chi connectivity index (χ4v) is 3.41. The highest BCUT2D eigenvalue weighted by Gasteiger charge is 2.20. The highest BCUT2D eigenvalue weighted by molar-refractivity contribution is 5.75. The average Bonchev–Trinajstić information content (AvgIpc) is 2.49. The van der Waals surface area contributed by atoms with Gasteiger partial charge in [-0.25, -0.2) is 4.98 Å². The maximum Gasteiger partial charge on any atom is 0.191 e. The molecule has 20 heavy (non-hydrogen) atoms. The molecule has 3 heteroatoms. The van der Waals surface area contributed by atoms with Crippen molar-refractivity contribution in [2.45, 2.75) is 57.9 Å². The van der Waals surface area contributed by atoms with E-state index < -0.39 is 0 Å². The zero-order valence-corrected chi connectivity index (χ0v) is 12.1. The molecule has 0 N–H and O–H groups in total. The third-order valence-electron chi connectivity index (χ3n) is 4.33. The van der Waals surface area contributed by atoms with Crippen molar-refractivity contribution in [3.8, 4) is 0 Å². The summed E-state index contributed by atoms with van der Waals surface area (Å²) in [6, 6.07) is 6.11. The van der Waals surface area contributed by atoms with Crippen molar-refractivity contribution in [1.82, 2.24) is 9.55 Å². The molecule has 2 aromatic rings. The standard InChI is InChI=1S/C17H22N2O/c1-2-7-14-12-16(20)15-10-6-11-18-17(15)19(14)13-8-4-3-5-9-13/h6,10-13H,2-5,7-9H2,1H3. The van der Waals surface area contributed by atoms with Gasteiger partial charge in [0.25, 0.3) is 0 Å². The van der Waals surface area contributed by atoms with Gasteiger partial charge >= 0.3 is 0 Å². The molecule has 0 spiro atoms. The maximum atomic E-state index is 12.3. The van der Waals surface area contributed by atoms with E-state index in [1.807, 2.05) is 18.2 Å². The number of fused-ring (bicyclic) bond motifs is 1. The van der Waals surface area contributed by atoms with Gasteiger partial charge < -0.3 is 4.57 Å². The second-order valence-electron chi connectivity index (χ2n) is 5.79. The smallest absolute Gasteiger partial charge is 0.191 e. The van der Waals surface area contributed by atoms with Crippen molar-refractivity contribution in [3.05, 3.63) is 40.3 Å². The Bertz CT molecular complexity index is 654. The monoisotopic (exact) mass is 270 g/mol. The van der Waals surface area contributed by atoms with Crippen LogP contribution in [0, 0.1) is 0 Å². The minimum atomic E-state index is 0.114. The minimum absolute atomic E-state index is 0.114. The molecule has 1 aliphatic rings. The van der Waals surface area contributed by atoms with E-state index in [2.05, 4.69) is 16.5 Å². The van der Waals surface area contributed by atoms with Gasteiger partial charge in [0.15, 0.2) is 5.43 Å². The number of rotatable bonds is 3. The van der Waals surface area contributed by atoms with Crippen LogP contribution in [0.1, 0.15) is 57.2 Å². The summed E-state index contributed by atoms with van der Waals surface area (Å²) in [4.78, 5) is 16.8. The summed E-state index contributed by atoms with van der Waals surface area (Å²) < 4.78 is 2.36. The van der Waals surface area contributed by atoms with Crippen LogP contribution in [-0.2, 0) is 6.42 Å². The lowest BCUT2D eigenvalue weighted by Crippen LogP contribution is -2.21. The lowest BCUT2D eigenvalue weighted by atomic mass is 9.94. The molecule has 3 nitrogen and oxygen atoms in total. The van der Waals surface area contributed by atoms with Crippen LogP contribution < -0.4 is 5.43 Å². The molecule has 0 aliphatic heterocycles. The van der Waals surface area contributed by atoms with Crippen LogP contribution in [-0.4, -0.2) is 9.55 Å². The summed E-state index contributed by atoms with van der Waals surface area (Å²) in [5.74, 6) is 0. The van der Waals surface area contributed by atoms with Crippen LogP contribution in [0.3, 0.4) is 0 Å². The summed E-state index contributed by atoms with van der Waals surface area (Å²) in [7, 11) is 0. The molecule has 1 saturated carbocycles. The van der Waals surface area contributed by atoms with Crippen molar-refractivity contribution in [3.63, 3.8) is 0 Å². The van der Waals surface area contributed by atoms with Gasteiger partial charge in [-0.3, -0.25) is 4.79 Å². The molecule has 106 valence electrons. The molecule has 0 bridgehead atoms. The van der Waals surface area contributed by atoms with Gasteiger partial charge in [-0.15, -0.1) is 0 Å². The van der Waals surface area contributed by atoms with E-state index in [1.165, 1.54) is 32.1 Å². The van der Waals surface area contributed by atoms with Crippen molar-refractivity contribution in [1.29, 1.82) is 0 Å². The molecule has 0 aromatic carbocycles. The quantitative estimate of drug-likeness (QED) is 0.849. The molecule has 2 aromatic heterocycles. The summed E-state index contributed by atoms with van der Waals surface area (Å²) in [5.41, 5.74) is 2.16. The second-order valence-corrected chi connectivity index (χ2v) is 5.79. The van der Waals surface area contributed by atoms with Gasteiger partial charge in [0.05, 0.1) is 5.39 Å². The topological polar surface area (TPSA) is 34.9 Å². The van der Waals surface area contributed by atoms with Crippen LogP contribution in [0.15, 0.2) is 29.2 Å². The van der Waals surface area contributed by atoms with E-state index in [4.69, 9.17) is 0 Å². The summed E-state index contributed by atoms with van der Waals surface area (Å²) in [6.07, 6.45) is 10.2. The number of hydrogen-bond donors (Lipinski definition) is 0. The predicted molar refractivity (Wildman–Crippen MR) is 82.1 cm³/mol. The molecule has 0 unspecified atom stereocenters. The van der Waals surface area contributed by atoms with Gasteiger partial charge in [-0.2, -0.15) is 0 Å². The summed E-state index contributed by atoms with van der Waals surface area (Å²) in [6.45, 7) is 2.16. The number of pyridine rings is 2. The van der Waals surface area contributed by atoms with Crippen LogP contribution in [0.25, 0.3) is 11.0 Å². The van der Waals surface area contributed by atoms with Crippen molar-refractivity contribution in [2.24, 2.45) is 0 Å². The first-order chi connectivity index (χ1) is 9.81. The fraction of sp³-hybridized carbons (Fsp3) is 0.529. The Morgan fingerprint density at radius 2 is 2.10 bits per heavy atom. The van der Waals surface area contributed by atoms with E-state index in [-0.39, 0.29) is 5.43 Å². The lowest BCUT2D eigenvalue weighted by Gasteiger charge is -2.28. The fourth-order valence-electron chi connectivity index (χ4n) is 3.41. The molecule has 0 saturated heterocycles. The first-order valence-electron chi connectivity index (χ1n) is 7.80. The molecule has 3 rings (SSSR count). The predicted octanol–water partition coefficient (Wildman–Crippen LogP) is 3.85. The Balaban J connectivity index is 2.21. The Morgan fingerprint density at radius 3 is 2.85 bits per heavy atom. The molecule has 1 fully saturated rings. The summed E-state index contributed by atoms with van der Waals surface area (Å²) >= 11 is 0. The SMILES string of the molecule is CCCc1cc(=O)c2cccnc2n1C1CCCCC1. The van der Waals surface area contributed by atoms with Gasteiger partial charge in [0.2, 0.25) is 0 Å². The van der Waals surface area contributed by atoms with Gasteiger partial charge in [-0.05, 0) is 31.4 Å². The largest absolute Gasteiger partial charge is 0.326 e. The Labute approximate surface area is 119 Å². The van der Waals surface area contributed by atoms with E-state index in [9.17, 15) is 4.79 Å². The maximum absolute atomic E-state index is 12.3. The lowest BCUT2D eigenvalue weighted by molar-refractivity contribution is 0.351. The van der Waals surface area contributed by atoms with Gasteiger partial charge in [-0.1, -0.05) is 32.6 Å². The average molecular weight is 270 g/mol. The highest BCUT2D eigenvalue weighted by Crippen LogP contribution is 2.31. The van der Waals surface area contributed by atoms with E-state index in [1.54, 1.807) is 6.20 Å². The molecule has 1 aliphatic carbocycles. The molecule has 2 heterocycles. The number of aryl methyl sites for hydroxylation is 1. The number of nitrogens with zero attached hydrogens (tertiary/aromatic N) is 2. The number of aromatic nitrogens is 2. The molecule has 0 radical (unpaired) electrons. The minimum Gasteiger partial charge on any atom is -0.326 e. The van der Waals surface area contributed by atoms with E-state index in [0.29, 0.717) is 6.04 Å². The molecule has 0 atom stereocenters. The van der Waals surface area contributed by atoms with Crippen molar-refractivity contribution >= 4 is 11.0 Å². The van der Waals surface area contributed by atoms with Crippen LogP contribution in [0.5, 0.6) is 0 Å². The van der Waals surface area contributed by atoms with Crippen molar-refractivity contribution in [2.75, 3.05) is 0 Å². The molecule has 0 amide bonds. The third-order valence-corrected chi connectivity index (χ3v) is 4.33. The van der Waals surface area contributed by atoms with Crippen molar-refractivity contribution < 1.29 is 0 Å². The first kappa shape index (κ1) is 13.3. The van der Waals surface area contributed by atoms with Gasteiger partial charge in [0.1, 0.15) is 5.65 Å². The van der Waals surface area contributed by atoms with E-state index >= 15 is 0 Å². The van der Waals surface area contributed by atoms with Crippen LogP contribution in [0.4, 0.5) is 0 Å². The third kappa shape index (κ3) is 2.37. The zero-order valence-electron chi connectivity index (χ0n) is 12.1. The Hall–Kier alpha value is -1.64. The van der Waals surface area contributed by atoms with Crippen LogP contribution >= 0.6 is 0 Å². The van der Waals surface area contributed by atoms with Gasteiger partial charge in [0, 0.05) is 24.0 Å². The highest BCUT2D eigenvalue weighted by atomic mass is 16.1. The number of hydrogen-bond acceptors (Lipinski definition) is 2. The summed E-state index contributed by atoms with van der Waals surface area (Å²) in [5, 5.41) is 0.762. The van der Waals surface area contributed by atoms with Crippen LogP contribution in [0.2, 0.25) is 0 Å². The first-order valence-corrected chi connectivity index (χ1v) is 7.80. The zero-order chi connectivity index (χ0) is 13.9. The van der Waals surface area contributed by atoms with E-state index in [0.717, 1.165) is 29.6 Å². The normalized spacial score (nSPS) is 16.6. The molecular formula is C17H22N2O. The molecular weight excluding hydrogens is 248 g/mol. The second kappa shape index (κ2) is 5.78. The Morgan fingerprint density at radius 1 is 1.30 bits per heavy atom. The Kier molecular flexibility index (Phi) is 3.86.